The van der Waals surface area contributed by atoms with Gasteiger partial charge in [0.1, 0.15) is 0 Å². The lowest BCUT2D eigenvalue weighted by Gasteiger charge is -2.44. The Labute approximate surface area is 108 Å². The Morgan fingerprint density at radius 2 is 2.05 bits per heavy atom. The molecule has 1 fully saturated rings. The number of alkyl halides is 3. The fourth-order valence-corrected chi connectivity index (χ4v) is 2.62. The van der Waals surface area contributed by atoms with Crippen molar-refractivity contribution in [1.29, 1.82) is 0 Å². The highest BCUT2D eigenvalue weighted by Crippen LogP contribution is 2.48. The number of rotatable bonds is 3. The predicted octanol–water partition coefficient (Wildman–Crippen LogP) is 2.40. The number of carbonyl (C=O) groups is 1. The highest BCUT2D eigenvalue weighted by molar-refractivity contribution is 5.83. The van der Waals surface area contributed by atoms with Gasteiger partial charge in [-0.1, -0.05) is 18.2 Å². The summed E-state index contributed by atoms with van der Waals surface area (Å²) in [7, 11) is 0. The van der Waals surface area contributed by atoms with Crippen molar-refractivity contribution in [2.24, 2.45) is 11.7 Å². The van der Waals surface area contributed by atoms with Gasteiger partial charge >= 0.3 is 12.1 Å². The van der Waals surface area contributed by atoms with E-state index in [1.165, 1.54) is 12.1 Å². The maximum Gasteiger partial charge on any atom is 0.416 e. The van der Waals surface area contributed by atoms with Crippen LogP contribution >= 0.6 is 0 Å². The molecule has 0 bridgehead atoms. The molecule has 1 saturated carbocycles. The van der Waals surface area contributed by atoms with Gasteiger partial charge in [-0.15, -0.1) is 0 Å². The Morgan fingerprint density at radius 1 is 1.42 bits per heavy atom. The van der Waals surface area contributed by atoms with Gasteiger partial charge in [-0.2, -0.15) is 13.2 Å². The van der Waals surface area contributed by atoms with E-state index < -0.39 is 23.1 Å². The largest absolute Gasteiger partial charge is 0.481 e. The lowest BCUT2D eigenvalue weighted by Crippen LogP contribution is -2.50. The van der Waals surface area contributed by atoms with E-state index in [0.717, 1.165) is 12.1 Å². The van der Waals surface area contributed by atoms with Crippen LogP contribution in [0.3, 0.4) is 0 Å². The predicted molar refractivity (Wildman–Crippen MR) is 62.5 cm³/mol. The van der Waals surface area contributed by atoms with Gasteiger partial charge < -0.3 is 10.8 Å². The number of carboxylic acid groups (broad SMARTS) is 1. The van der Waals surface area contributed by atoms with Gasteiger partial charge in [0.15, 0.2) is 0 Å². The quantitative estimate of drug-likeness (QED) is 0.888. The summed E-state index contributed by atoms with van der Waals surface area (Å²) in [5.41, 5.74) is 3.63. The third-order valence-electron chi connectivity index (χ3n) is 3.76. The van der Waals surface area contributed by atoms with E-state index in [-0.39, 0.29) is 11.5 Å². The van der Waals surface area contributed by atoms with Gasteiger partial charge in [-0.05, 0) is 36.9 Å². The van der Waals surface area contributed by atoms with Crippen LogP contribution < -0.4 is 5.73 Å². The molecule has 104 valence electrons. The number of nitrogens with two attached hydrogens (primary N) is 1. The molecule has 1 aromatic carbocycles. The van der Waals surface area contributed by atoms with E-state index in [1.54, 1.807) is 0 Å². The minimum atomic E-state index is -4.47. The molecule has 0 atom stereocenters. The highest BCUT2D eigenvalue weighted by Gasteiger charge is 2.51. The molecule has 0 heterocycles. The van der Waals surface area contributed by atoms with Gasteiger partial charge in [0.2, 0.25) is 0 Å². The van der Waals surface area contributed by atoms with Crippen molar-refractivity contribution >= 4 is 5.97 Å². The maximum absolute atomic E-state index is 12.7. The average Bonchev–Trinajstić information content (AvgIpc) is 2.27. The average molecular weight is 273 g/mol. The van der Waals surface area contributed by atoms with E-state index in [2.05, 4.69) is 0 Å². The first-order valence-corrected chi connectivity index (χ1v) is 5.91. The summed E-state index contributed by atoms with van der Waals surface area (Å²) >= 11 is 0. The fourth-order valence-electron chi connectivity index (χ4n) is 2.62. The van der Waals surface area contributed by atoms with Crippen LogP contribution in [0.1, 0.15) is 24.0 Å². The third kappa shape index (κ3) is 2.32. The molecule has 3 N–H and O–H groups in total. The van der Waals surface area contributed by atoms with E-state index in [0.29, 0.717) is 19.4 Å². The summed E-state index contributed by atoms with van der Waals surface area (Å²) < 4.78 is 38.0. The molecule has 0 unspecified atom stereocenters. The van der Waals surface area contributed by atoms with Crippen LogP contribution in [-0.2, 0) is 16.4 Å². The first kappa shape index (κ1) is 13.9. The molecular formula is C13H14F3NO2. The molecule has 0 amide bonds. The van der Waals surface area contributed by atoms with Crippen LogP contribution in [0.4, 0.5) is 13.2 Å². The second-order valence-electron chi connectivity index (χ2n) is 4.98. The van der Waals surface area contributed by atoms with Crippen LogP contribution in [-0.4, -0.2) is 17.6 Å². The Kier molecular flexibility index (Phi) is 3.30. The molecule has 6 heteroatoms. The SMILES string of the molecule is NCC1CC(C(=O)O)(c2cccc(C(F)(F)F)c2)C1. The number of halogens is 3. The summed E-state index contributed by atoms with van der Waals surface area (Å²) in [4.78, 5) is 11.4. The summed E-state index contributed by atoms with van der Waals surface area (Å²) in [6.07, 6.45) is -3.88. The normalized spacial score (nSPS) is 26.8. The molecule has 1 aliphatic carbocycles. The Balaban J connectivity index is 2.37. The standard InChI is InChI=1S/C13H14F3NO2/c14-13(15,16)10-3-1-2-9(4-10)12(11(18)19)5-8(6-12)7-17/h1-4,8H,5-7,17H2,(H,18,19). The molecule has 19 heavy (non-hydrogen) atoms. The fraction of sp³-hybridized carbons (Fsp3) is 0.462. The Bertz CT molecular complexity index is 493. The molecule has 2 rings (SSSR count). The smallest absolute Gasteiger partial charge is 0.416 e. The topological polar surface area (TPSA) is 63.3 Å². The first-order valence-electron chi connectivity index (χ1n) is 5.91. The Morgan fingerprint density at radius 3 is 2.53 bits per heavy atom. The highest BCUT2D eigenvalue weighted by atomic mass is 19.4. The number of carboxylic acids is 1. The van der Waals surface area contributed by atoms with Gasteiger partial charge in [-0.3, -0.25) is 4.79 Å². The van der Waals surface area contributed by atoms with Gasteiger partial charge in [-0.25, -0.2) is 0 Å². The van der Waals surface area contributed by atoms with Crippen molar-refractivity contribution in [3.05, 3.63) is 35.4 Å². The van der Waals surface area contributed by atoms with Crippen molar-refractivity contribution in [2.75, 3.05) is 6.54 Å². The van der Waals surface area contributed by atoms with Crippen molar-refractivity contribution in [1.82, 2.24) is 0 Å². The minimum absolute atomic E-state index is 0.0608. The van der Waals surface area contributed by atoms with Crippen LogP contribution in [0.25, 0.3) is 0 Å². The van der Waals surface area contributed by atoms with Crippen molar-refractivity contribution in [3.8, 4) is 0 Å². The number of benzene rings is 1. The summed E-state index contributed by atoms with van der Waals surface area (Å²) in [6, 6.07) is 4.56. The first-order chi connectivity index (χ1) is 8.79. The molecule has 0 radical (unpaired) electrons. The van der Waals surface area contributed by atoms with E-state index in [4.69, 9.17) is 5.73 Å². The zero-order valence-electron chi connectivity index (χ0n) is 10.1. The lowest BCUT2D eigenvalue weighted by atomic mass is 9.58. The summed E-state index contributed by atoms with van der Waals surface area (Å²) in [5, 5.41) is 9.32. The number of hydrogen-bond acceptors (Lipinski definition) is 2. The Hall–Kier alpha value is -1.56. The molecule has 1 aromatic rings. The van der Waals surface area contributed by atoms with Crippen LogP contribution in [0.2, 0.25) is 0 Å². The maximum atomic E-state index is 12.7. The van der Waals surface area contributed by atoms with Gasteiger partial charge in [0.25, 0.3) is 0 Å². The van der Waals surface area contributed by atoms with Crippen LogP contribution in [0.5, 0.6) is 0 Å². The van der Waals surface area contributed by atoms with Crippen molar-refractivity contribution in [2.45, 2.75) is 24.4 Å². The number of hydrogen-bond donors (Lipinski definition) is 2. The van der Waals surface area contributed by atoms with E-state index in [1.807, 2.05) is 0 Å². The van der Waals surface area contributed by atoms with E-state index in [9.17, 15) is 23.1 Å². The number of aliphatic carboxylic acids is 1. The van der Waals surface area contributed by atoms with Crippen molar-refractivity contribution in [3.63, 3.8) is 0 Å². The second-order valence-corrected chi connectivity index (χ2v) is 4.98. The molecule has 0 spiro atoms. The van der Waals surface area contributed by atoms with Crippen LogP contribution in [0, 0.1) is 5.92 Å². The summed E-state index contributed by atoms with van der Waals surface area (Å²) in [6.45, 7) is 0.355. The molecule has 3 nitrogen and oxygen atoms in total. The molecule has 0 aliphatic heterocycles. The summed E-state index contributed by atoms with van der Waals surface area (Å²) in [5.74, 6) is -1.03. The molecular weight excluding hydrogens is 259 g/mol. The van der Waals surface area contributed by atoms with Crippen molar-refractivity contribution < 1.29 is 23.1 Å². The van der Waals surface area contributed by atoms with E-state index >= 15 is 0 Å². The minimum Gasteiger partial charge on any atom is -0.481 e. The monoisotopic (exact) mass is 273 g/mol. The zero-order valence-corrected chi connectivity index (χ0v) is 10.1. The van der Waals surface area contributed by atoms with Gasteiger partial charge in [0.05, 0.1) is 11.0 Å². The second kappa shape index (κ2) is 4.52. The van der Waals surface area contributed by atoms with Crippen LogP contribution in [0.15, 0.2) is 24.3 Å². The van der Waals surface area contributed by atoms with Gasteiger partial charge in [0, 0.05) is 0 Å². The third-order valence-corrected chi connectivity index (χ3v) is 3.76. The molecule has 1 aliphatic rings. The lowest BCUT2D eigenvalue weighted by molar-refractivity contribution is -0.150. The molecule has 0 saturated heterocycles. The zero-order chi connectivity index (χ0) is 14.3. The molecule has 0 aromatic heterocycles.